The molecule has 9 heteroatoms. The molecule has 2 N–H and O–H groups in total. The van der Waals surface area contributed by atoms with Gasteiger partial charge in [-0.1, -0.05) is 13.8 Å². The van der Waals surface area contributed by atoms with Gasteiger partial charge in [0.25, 0.3) is 0 Å². The summed E-state index contributed by atoms with van der Waals surface area (Å²) in [5.74, 6) is 1.71. The zero-order valence-corrected chi connectivity index (χ0v) is 16.4. The lowest BCUT2D eigenvalue weighted by Crippen LogP contribution is -2.49. The fourth-order valence-electron chi connectivity index (χ4n) is 4.73. The maximum atomic E-state index is 13.2. The number of nitrogen functional groups attached to an aromatic ring is 1. The van der Waals surface area contributed by atoms with Crippen LogP contribution in [0.2, 0.25) is 0 Å². The van der Waals surface area contributed by atoms with E-state index in [1.165, 1.54) is 6.20 Å². The molecule has 2 aromatic rings. The SMILES string of the molecule is CC(C)c1nc(-c2cnc(N)c(C(F)(F)F)c2)cn1[C@H]1[C@@H]2CN(C3COC3)C[C@@H]21. The molecule has 29 heavy (non-hydrogen) atoms. The molecule has 5 rings (SSSR count). The second-order valence-electron chi connectivity index (χ2n) is 8.66. The van der Waals surface area contributed by atoms with E-state index in [1.54, 1.807) is 0 Å². The lowest BCUT2D eigenvalue weighted by Gasteiger charge is -2.36. The summed E-state index contributed by atoms with van der Waals surface area (Å²) in [6.45, 7) is 7.86. The van der Waals surface area contributed by atoms with E-state index in [-0.39, 0.29) is 5.92 Å². The van der Waals surface area contributed by atoms with Crippen molar-refractivity contribution in [3.63, 3.8) is 0 Å². The summed E-state index contributed by atoms with van der Waals surface area (Å²) < 4.78 is 47.2. The van der Waals surface area contributed by atoms with Crippen molar-refractivity contribution in [2.24, 2.45) is 11.8 Å². The lowest BCUT2D eigenvalue weighted by molar-refractivity contribution is -0.137. The van der Waals surface area contributed by atoms with Crippen molar-refractivity contribution in [2.75, 3.05) is 32.0 Å². The van der Waals surface area contributed by atoms with Crippen LogP contribution in [0, 0.1) is 11.8 Å². The summed E-state index contributed by atoms with van der Waals surface area (Å²) in [6, 6.07) is 1.97. The summed E-state index contributed by atoms with van der Waals surface area (Å²) in [6.07, 6.45) is -1.28. The third kappa shape index (κ3) is 3.11. The molecule has 2 saturated heterocycles. The highest BCUT2D eigenvalue weighted by molar-refractivity contribution is 5.62. The Labute approximate surface area is 166 Å². The van der Waals surface area contributed by atoms with Crippen molar-refractivity contribution in [2.45, 2.75) is 38.0 Å². The Morgan fingerprint density at radius 2 is 1.90 bits per heavy atom. The van der Waals surface area contributed by atoms with Crippen molar-refractivity contribution in [3.05, 3.63) is 29.8 Å². The topological polar surface area (TPSA) is 69.2 Å². The first kappa shape index (κ1) is 18.9. The number of alkyl halides is 3. The predicted octanol–water partition coefficient (Wildman–Crippen LogP) is 3.17. The molecule has 2 aromatic heterocycles. The van der Waals surface area contributed by atoms with Crippen LogP contribution in [-0.2, 0) is 10.9 Å². The average molecular weight is 407 g/mol. The number of rotatable bonds is 4. The number of pyridine rings is 1. The summed E-state index contributed by atoms with van der Waals surface area (Å²) in [4.78, 5) is 10.9. The van der Waals surface area contributed by atoms with Gasteiger partial charge < -0.3 is 15.0 Å². The molecular formula is C20H24F3N5O. The van der Waals surface area contributed by atoms with Gasteiger partial charge in [-0.2, -0.15) is 13.2 Å². The maximum absolute atomic E-state index is 13.2. The van der Waals surface area contributed by atoms with E-state index >= 15 is 0 Å². The number of anilines is 1. The van der Waals surface area contributed by atoms with Crippen LogP contribution in [0.25, 0.3) is 11.3 Å². The lowest BCUT2D eigenvalue weighted by atomic mass is 10.1. The van der Waals surface area contributed by atoms with Gasteiger partial charge in [0.1, 0.15) is 11.6 Å². The van der Waals surface area contributed by atoms with Crippen LogP contribution in [0.4, 0.5) is 19.0 Å². The fourth-order valence-corrected chi connectivity index (χ4v) is 4.73. The first-order chi connectivity index (χ1) is 13.7. The Morgan fingerprint density at radius 3 is 2.45 bits per heavy atom. The summed E-state index contributed by atoms with van der Waals surface area (Å²) in [5.41, 5.74) is 5.38. The third-order valence-corrected chi connectivity index (χ3v) is 6.43. The molecular weight excluding hydrogens is 383 g/mol. The third-order valence-electron chi connectivity index (χ3n) is 6.43. The number of nitrogens with two attached hydrogens (primary N) is 1. The van der Waals surface area contributed by atoms with Crippen LogP contribution in [-0.4, -0.2) is 51.8 Å². The Kier molecular flexibility index (Phi) is 4.19. The number of hydrogen-bond acceptors (Lipinski definition) is 5. The van der Waals surface area contributed by atoms with Gasteiger partial charge in [0.15, 0.2) is 0 Å². The summed E-state index contributed by atoms with van der Waals surface area (Å²) in [5, 5.41) is 0. The van der Waals surface area contributed by atoms with Crippen LogP contribution in [0.3, 0.4) is 0 Å². The van der Waals surface area contributed by atoms with Crippen LogP contribution in [0.15, 0.2) is 18.5 Å². The molecule has 0 aromatic carbocycles. The molecule has 1 saturated carbocycles. The van der Waals surface area contributed by atoms with E-state index in [0.29, 0.717) is 35.2 Å². The van der Waals surface area contributed by atoms with Gasteiger partial charge in [-0.3, -0.25) is 4.90 Å². The van der Waals surface area contributed by atoms with Crippen molar-refractivity contribution >= 4 is 5.82 Å². The largest absolute Gasteiger partial charge is 0.419 e. The highest BCUT2D eigenvalue weighted by Gasteiger charge is 2.58. The zero-order chi connectivity index (χ0) is 20.5. The van der Waals surface area contributed by atoms with Crippen molar-refractivity contribution < 1.29 is 17.9 Å². The highest BCUT2D eigenvalue weighted by Crippen LogP contribution is 2.57. The minimum Gasteiger partial charge on any atom is -0.383 e. The molecule has 0 unspecified atom stereocenters. The summed E-state index contributed by atoms with van der Waals surface area (Å²) >= 11 is 0. The minimum absolute atomic E-state index is 0.171. The van der Waals surface area contributed by atoms with E-state index in [4.69, 9.17) is 10.5 Å². The smallest absolute Gasteiger partial charge is 0.383 e. The molecule has 6 nitrogen and oxygen atoms in total. The van der Waals surface area contributed by atoms with Gasteiger partial charge in [0.2, 0.25) is 0 Å². The van der Waals surface area contributed by atoms with E-state index < -0.39 is 17.6 Å². The molecule has 0 spiro atoms. The van der Waals surface area contributed by atoms with Crippen LogP contribution in [0.1, 0.15) is 37.2 Å². The number of halogens is 3. The van der Waals surface area contributed by atoms with Gasteiger partial charge in [-0.15, -0.1) is 0 Å². The monoisotopic (exact) mass is 407 g/mol. The van der Waals surface area contributed by atoms with Gasteiger partial charge in [0, 0.05) is 43.0 Å². The van der Waals surface area contributed by atoms with Crippen molar-refractivity contribution in [1.29, 1.82) is 0 Å². The number of aromatic nitrogens is 3. The quantitative estimate of drug-likeness (QED) is 0.843. The summed E-state index contributed by atoms with van der Waals surface area (Å²) in [7, 11) is 0. The molecule has 2 aliphatic heterocycles. The Bertz CT molecular complexity index is 925. The second kappa shape index (κ2) is 6.43. The molecule has 0 amide bonds. The van der Waals surface area contributed by atoms with Gasteiger partial charge in [0.05, 0.1) is 30.5 Å². The van der Waals surface area contributed by atoms with Crippen LogP contribution in [0.5, 0.6) is 0 Å². The maximum Gasteiger partial charge on any atom is 0.419 e. The molecule has 156 valence electrons. The second-order valence-corrected chi connectivity index (χ2v) is 8.66. The number of ether oxygens (including phenoxy) is 1. The van der Waals surface area contributed by atoms with Gasteiger partial charge in [-0.25, -0.2) is 9.97 Å². The Morgan fingerprint density at radius 1 is 1.21 bits per heavy atom. The van der Waals surface area contributed by atoms with E-state index in [9.17, 15) is 13.2 Å². The number of nitrogens with zero attached hydrogens (tertiary/aromatic N) is 4. The van der Waals surface area contributed by atoms with E-state index in [1.807, 2.05) is 6.20 Å². The number of fused-ring (bicyclic) bond motifs is 1. The highest BCUT2D eigenvalue weighted by atomic mass is 19.4. The molecule has 3 atom stereocenters. The van der Waals surface area contributed by atoms with Gasteiger partial charge >= 0.3 is 6.18 Å². The van der Waals surface area contributed by atoms with Crippen molar-refractivity contribution in [3.8, 4) is 11.3 Å². The molecule has 3 fully saturated rings. The van der Waals surface area contributed by atoms with E-state index in [0.717, 1.165) is 38.2 Å². The normalized spacial score (nSPS) is 27.3. The van der Waals surface area contributed by atoms with Gasteiger partial charge in [-0.05, 0) is 17.9 Å². The Hall–Kier alpha value is -2.13. The zero-order valence-electron chi connectivity index (χ0n) is 16.4. The minimum atomic E-state index is -4.54. The molecule has 4 heterocycles. The van der Waals surface area contributed by atoms with Crippen LogP contribution >= 0.6 is 0 Å². The number of likely N-dealkylation sites (tertiary alicyclic amines) is 1. The average Bonchev–Trinajstić information content (AvgIpc) is 2.96. The number of imidazole rings is 1. The first-order valence-electron chi connectivity index (χ1n) is 9.97. The molecule has 3 aliphatic rings. The number of piperidine rings is 1. The van der Waals surface area contributed by atoms with Crippen LogP contribution < -0.4 is 5.73 Å². The standard InChI is InChI=1S/C20H24F3N5O/c1-10(2)19-26-16(11-3-15(20(21,22)23)18(24)25-4-11)7-28(19)17-13-5-27(6-14(13)17)12-8-29-9-12/h3-4,7,10,12-14,17H,5-6,8-9H2,1-2H3,(H2,24,25)/t13-,14+,17+. The Balaban J connectivity index is 1.43. The first-order valence-corrected chi connectivity index (χ1v) is 9.97. The predicted molar refractivity (Wildman–Crippen MR) is 101 cm³/mol. The van der Waals surface area contributed by atoms with Crippen molar-refractivity contribution in [1.82, 2.24) is 19.4 Å². The molecule has 0 radical (unpaired) electrons. The fraction of sp³-hybridized carbons (Fsp3) is 0.600. The molecule has 0 bridgehead atoms. The van der Waals surface area contributed by atoms with E-state index in [2.05, 4.69) is 33.3 Å². The molecule has 1 aliphatic carbocycles. The number of hydrogen-bond donors (Lipinski definition) is 1.